The maximum absolute atomic E-state index is 13.5. The molecule has 1 N–H and O–H groups in total. The Hall–Kier alpha value is -3.87. The van der Waals surface area contributed by atoms with Crippen LogP contribution < -0.4 is 16.6 Å². The van der Waals surface area contributed by atoms with E-state index in [1.165, 1.54) is 10.8 Å². The first-order valence-electron chi connectivity index (χ1n) is 10.0. The Kier molecular flexibility index (Phi) is 5.33. The Bertz CT molecular complexity index is 1380. The molecule has 2 aromatic carbocycles. The number of hydrogen-bond acceptors (Lipinski definition) is 4. The van der Waals surface area contributed by atoms with Crippen molar-refractivity contribution in [2.24, 2.45) is 0 Å². The zero-order valence-corrected chi connectivity index (χ0v) is 17.6. The van der Waals surface area contributed by atoms with Gasteiger partial charge in [-0.05, 0) is 68.3 Å². The molecule has 1 unspecified atom stereocenters. The number of para-hydroxylation sites is 1. The predicted octanol–water partition coefficient (Wildman–Crippen LogP) is 3.24. The van der Waals surface area contributed by atoms with Gasteiger partial charge in [-0.3, -0.25) is 14.2 Å². The van der Waals surface area contributed by atoms with Gasteiger partial charge in [-0.15, -0.1) is 0 Å². The van der Waals surface area contributed by atoms with E-state index in [9.17, 15) is 14.4 Å². The van der Waals surface area contributed by atoms with Crippen LogP contribution >= 0.6 is 0 Å². The highest BCUT2D eigenvalue weighted by atomic mass is 16.3. The third kappa shape index (κ3) is 3.70. The van der Waals surface area contributed by atoms with E-state index in [4.69, 9.17) is 4.42 Å². The number of carbonyl (C=O) groups excluding carboxylic acids is 1. The molecule has 158 valence electrons. The van der Waals surface area contributed by atoms with E-state index in [2.05, 4.69) is 5.32 Å². The van der Waals surface area contributed by atoms with E-state index < -0.39 is 17.3 Å². The Morgan fingerprint density at radius 3 is 2.52 bits per heavy atom. The minimum absolute atomic E-state index is 0.208. The van der Waals surface area contributed by atoms with Crippen LogP contribution in [0.15, 0.2) is 74.9 Å². The van der Waals surface area contributed by atoms with Gasteiger partial charge in [-0.2, -0.15) is 0 Å². The van der Waals surface area contributed by atoms with Gasteiger partial charge in [0.15, 0.2) is 0 Å². The summed E-state index contributed by atoms with van der Waals surface area (Å²) in [5.74, 6) is 0.256. The Labute approximate surface area is 178 Å². The van der Waals surface area contributed by atoms with Crippen molar-refractivity contribution in [2.45, 2.75) is 33.4 Å². The second-order valence-corrected chi connectivity index (χ2v) is 7.55. The molecule has 0 spiro atoms. The summed E-state index contributed by atoms with van der Waals surface area (Å²) in [4.78, 5) is 39.6. The number of nitrogens with zero attached hydrogens (tertiary/aromatic N) is 2. The molecular weight excluding hydrogens is 394 g/mol. The second-order valence-electron chi connectivity index (χ2n) is 7.55. The lowest BCUT2D eigenvalue weighted by atomic mass is 10.1. The van der Waals surface area contributed by atoms with Crippen molar-refractivity contribution < 1.29 is 9.21 Å². The summed E-state index contributed by atoms with van der Waals surface area (Å²) in [5, 5.41) is 3.15. The average molecular weight is 417 g/mol. The van der Waals surface area contributed by atoms with E-state index in [-0.39, 0.29) is 12.5 Å². The van der Waals surface area contributed by atoms with Crippen LogP contribution in [-0.2, 0) is 11.3 Å². The Morgan fingerprint density at radius 2 is 1.81 bits per heavy atom. The van der Waals surface area contributed by atoms with Gasteiger partial charge >= 0.3 is 5.69 Å². The van der Waals surface area contributed by atoms with Crippen LogP contribution in [0.25, 0.3) is 16.6 Å². The summed E-state index contributed by atoms with van der Waals surface area (Å²) >= 11 is 0. The van der Waals surface area contributed by atoms with Crippen molar-refractivity contribution >= 4 is 16.8 Å². The summed E-state index contributed by atoms with van der Waals surface area (Å²) in [5.41, 5.74) is 1.94. The SMILES string of the molecule is Cc1ccc(-n2c(=O)c3ccccc3n(C(C)C(=O)NCc3ccco3)c2=O)cc1C. The first kappa shape index (κ1) is 20.4. The lowest BCUT2D eigenvalue weighted by Crippen LogP contribution is -2.43. The number of fused-ring (bicyclic) bond motifs is 1. The highest BCUT2D eigenvalue weighted by molar-refractivity contribution is 5.84. The van der Waals surface area contributed by atoms with Gasteiger partial charge in [-0.1, -0.05) is 18.2 Å². The first-order valence-corrected chi connectivity index (χ1v) is 10.0. The smallest absolute Gasteiger partial charge is 0.336 e. The van der Waals surface area contributed by atoms with E-state index >= 15 is 0 Å². The van der Waals surface area contributed by atoms with Crippen LogP contribution in [0.2, 0.25) is 0 Å². The maximum atomic E-state index is 13.5. The van der Waals surface area contributed by atoms with E-state index in [1.807, 2.05) is 19.9 Å². The van der Waals surface area contributed by atoms with Crippen molar-refractivity contribution in [1.82, 2.24) is 14.5 Å². The quantitative estimate of drug-likeness (QED) is 0.540. The Balaban J connectivity index is 1.86. The number of nitrogens with one attached hydrogen (secondary N) is 1. The topological polar surface area (TPSA) is 86.2 Å². The Morgan fingerprint density at radius 1 is 1.03 bits per heavy atom. The van der Waals surface area contributed by atoms with Crippen LogP contribution in [0.1, 0.15) is 29.9 Å². The molecule has 0 fully saturated rings. The summed E-state index contributed by atoms with van der Waals surface area (Å²) in [6.07, 6.45) is 1.53. The van der Waals surface area contributed by atoms with Crippen LogP contribution in [0, 0.1) is 13.8 Å². The van der Waals surface area contributed by atoms with Gasteiger partial charge in [0.25, 0.3) is 5.56 Å². The highest BCUT2D eigenvalue weighted by Crippen LogP contribution is 2.17. The lowest BCUT2D eigenvalue weighted by molar-refractivity contribution is -0.124. The van der Waals surface area contributed by atoms with Crippen molar-refractivity contribution in [2.75, 3.05) is 0 Å². The molecule has 0 bridgehead atoms. The fourth-order valence-electron chi connectivity index (χ4n) is 3.60. The molecule has 1 amide bonds. The van der Waals surface area contributed by atoms with Crippen molar-refractivity contribution in [1.29, 1.82) is 0 Å². The van der Waals surface area contributed by atoms with Crippen LogP contribution in [0.5, 0.6) is 0 Å². The number of aromatic nitrogens is 2. The van der Waals surface area contributed by atoms with Gasteiger partial charge < -0.3 is 9.73 Å². The molecule has 0 aliphatic heterocycles. The number of benzene rings is 2. The molecule has 0 saturated heterocycles. The third-order valence-electron chi connectivity index (χ3n) is 5.53. The van der Waals surface area contributed by atoms with E-state index in [0.717, 1.165) is 15.7 Å². The molecule has 0 saturated carbocycles. The molecule has 0 aliphatic carbocycles. The lowest BCUT2D eigenvalue weighted by Gasteiger charge is -2.19. The van der Waals surface area contributed by atoms with Crippen molar-refractivity contribution in [3.63, 3.8) is 0 Å². The number of aryl methyl sites for hydroxylation is 2. The average Bonchev–Trinajstić information content (AvgIpc) is 3.28. The van der Waals surface area contributed by atoms with Gasteiger partial charge in [0, 0.05) is 0 Å². The van der Waals surface area contributed by atoms with Gasteiger partial charge in [0.2, 0.25) is 5.91 Å². The van der Waals surface area contributed by atoms with Gasteiger partial charge in [-0.25, -0.2) is 9.36 Å². The molecule has 4 aromatic rings. The largest absolute Gasteiger partial charge is 0.467 e. The monoisotopic (exact) mass is 417 g/mol. The number of rotatable bonds is 5. The minimum Gasteiger partial charge on any atom is -0.467 e. The molecule has 0 radical (unpaired) electrons. The minimum atomic E-state index is -0.842. The fourth-order valence-corrected chi connectivity index (χ4v) is 3.60. The summed E-state index contributed by atoms with van der Waals surface area (Å²) in [6.45, 7) is 5.74. The molecule has 0 aliphatic rings. The molecule has 7 nitrogen and oxygen atoms in total. The third-order valence-corrected chi connectivity index (χ3v) is 5.53. The predicted molar refractivity (Wildman–Crippen MR) is 119 cm³/mol. The molecular formula is C24H23N3O4. The summed E-state index contributed by atoms with van der Waals surface area (Å²) in [6, 6.07) is 14.9. The van der Waals surface area contributed by atoms with Crippen molar-refractivity contribution in [3.8, 4) is 5.69 Å². The molecule has 7 heteroatoms. The van der Waals surface area contributed by atoms with Crippen LogP contribution in [0.4, 0.5) is 0 Å². The van der Waals surface area contributed by atoms with E-state index in [1.54, 1.807) is 55.5 Å². The highest BCUT2D eigenvalue weighted by Gasteiger charge is 2.22. The maximum Gasteiger partial charge on any atom is 0.336 e. The van der Waals surface area contributed by atoms with Gasteiger partial charge in [0.1, 0.15) is 11.8 Å². The fraction of sp³-hybridized carbons (Fsp3) is 0.208. The van der Waals surface area contributed by atoms with Crippen LogP contribution in [-0.4, -0.2) is 15.0 Å². The molecule has 31 heavy (non-hydrogen) atoms. The van der Waals surface area contributed by atoms with Crippen LogP contribution in [0.3, 0.4) is 0 Å². The number of hydrogen-bond donors (Lipinski definition) is 1. The normalized spacial score (nSPS) is 12.1. The van der Waals surface area contributed by atoms with E-state index in [0.29, 0.717) is 22.4 Å². The zero-order valence-electron chi connectivity index (χ0n) is 17.6. The number of carbonyl (C=O) groups is 1. The molecule has 4 rings (SSSR count). The number of amides is 1. The zero-order chi connectivity index (χ0) is 22.1. The summed E-state index contributed by atoms with van der Waals surface area (Å²) < 4.78 is 7.74. The molecule has 1 atom stereocenters. The number of furan rings is 1. The first-order chi connectivity index (χ1) is 14.9. The van der Waals surface area contributed by atoms with Gasteiger partial charge in [0.05, 0.1) is 29.4 Å². The standard InChI is InChI=1S/C24H23N3O4/c1-15-10-11-18(13-16(15)2)27-23(29)20-8-4-5-9-21(20)26(24(27)30)17(3)22(28)25-14-19-7-6-12-31-19/h4-13,17H,14H2,1-3H3,(H,25,28). The molecule has 2 heterocycles. The van der Waals surface area contributed by atoms with Crippen molar-refractivity contribution in [3.05, 3.63) is 98.6 Å². The summed E-state index contributed by atoms with van der Waals surface area (Å²) in [7, 11) is 0. The molecule has 2 aromatic heterocycles. The second kappa shape index (κ2) is 8.10.